The van der Waals surface area contributed by atoms with Crippen molar-refractivity contribution in [3.05, 3.63) is 28.8 Å². The minimum absolute atomic E-state index is 0.0862. The van der Waals surface area contributed by atoms with Crippen molar-refractivity contribution in [1.29, 1.82) is 0 Å². The Morgan fingerprint density at radius 3 is 2.70 bits per heavy atom. The fourth-order valence-corrected chi connectivity index (χ4v) is 2.20. The van der Waals surface area contributed by atoms with E-state index in [0.717, 1.165) is 18.4 Å². The lowest BCUT2D eigenvalue weighted by molar-refractivity contribution is -0.138. The molecule has 2 rings (SSSR count). The Morgan fingerprint density at radius 1 is 1.40 bits per heavy atom. The zero-order chi connectivity index (χ0) is 14.7. The third kappa shape index (κ3) is 4.21. The third-order valence-electron chi connectivity index (χ3n) is 3.22. The largest absolute Gasteiger partial charge is 0.480 e. The Hall–Kier alpha value is -1.59. The number of carbonyl (C=O) groups is 2. The molecule has 1 aromatic carbocycles. The highest BCUT2D eigenvalue weighted by Gasteiger charge is 2.31. The molecule has 0 spiro atoms. The van der Waals surface area contributed by atoms with Crippen LogP contribution >= 0.6 is 11.6 Å². The zero-order valence-electron chi connectivity index (χ0n) is 11.2. The van der Waals surface area contributed by atoms with Gasteiger partial charge in [0.15, 0.2) is 0 Å². The van der Waals surface area contributed by atoms with Crippen LogP contribution in [0.25, 0.3) is 0 Å². The van der Waals surface area contributed by atoms with Crippen molar-refractivity contribution < 1.29 is 14.7 Å². The number of amides is 1. The van der Waals surface area contributed by atoms with Gasteiger partial charge in [-0.05, 0) is 37.5 Å². The summed E-state index contributed by atoms with van der Waals surface area (Å²) in [6.45, 7) is 1.86. The molecule has 0 aromatic heterocycles. The molecule has 1 amide bonds. The van der Waals surface area contributed by atoms with Crippen LogP contribution < -0.4 is 5.32 Å². The van der Waals surface area contributed by atoms with Crippen molar-refractivity contribution in [3.63, 3.8) is 0 Å². The molecule has 0 atom stereocenters. The van der Waals surface area contributed by atoms with Gasteiger partial charge in [-0.1, -0.05) is 17.7 Å². The van der Waals surface area contributed by atoms with E-state index < -0.39 is 5.97 Å². The van der Waals surface area contributed by atoms with E-state index in [1.165, 1.54) is 0 Å². The van der Waals surface area contributed by atoms with Gasteiger partial charge in [-0.2, -0.15) is 0 Å². The van der Waals surface area contributed by atoms with Crippen LogP contribution in [-0.4, -0.2) is 41.0 Å². The second-order valence-electron chi connectivity index (χ2n) is 5.04. The second kappa shape index (κ2) is 6.24. The number of carboxylic acids is 1. The summed E-state index contributed by atoms with van der Waals surface area (Å²) in [5, 5.41) is 12.2. The van der Waals surface area contributed by atoms with Crippen LogP contribution in [0.1, 0.15) is 18.4 Å². The molecule has 20 heavy (non-hydrogen) atoms. The molecule has 2 N–H and O–H groups in total. The maximum Gasteiger partial charge on any atom is 0.317 e. The van der Waals surface area contributed by atoms with Crippen LogP contribution in [0.3, 0.4) is 0 Å². The van der Waals surface area contributed by atoms with Gasteiger partial charge in [-0.25, -0.2) is 0 Å². The lowest BCUT2D eigenvalue weighted by atomic mass is 10.2. The molecular weight excluding hydrogens is 280 g/mol. The predicted molar refractivity (Wildman–Crippen MR) is 77.0 cm³/mol. The van der Waals surface area contributed by atoms with Gasteiger partial charge in [0, 0.05) is 16.8 Å². The average molecular weight is 297 g/mol. The molecule has 5 nitrogen and oxygen atoms in total. The summed E-state index contributed by atoms with van der Waals surface area (Å²) >= 11 is 5.90. The molecule has 0 heterocycles. The quantitative estimate of drug-likeness (QED) is 0.844. The molecule has 6 heteroatoms. The van der Waals surface area contributed by atoms with Crippen molar-refractivity contribution in [2.75, 3.05) is 18.4 Å². The molecule has 1 aliphatic carbocycles. The van der Waals surface area contributed by atoms with Crippen LogP contribution in [0.15, 0.2) is 18.2 Å². The Kier molecular flexibility index (Phi) is 4.62. The number of nitrogens with one attached hydrogen (secondary N) is 1. The van der Waals surface area contributed by atoms with E-state index in [1.54, 1.807) is 17.0 Å². The summed E-state index contributed by atoms with van der Waals surface area (Å²) in [4.78, 5) is 24.5. The van der Waals surface area contributed by atoms with Gasteiger partial charge in [0.25, 0.3) is 0 Å². The molecule has 0 unspecified atom stereocenters. The molecule has 0 radical (unpaired) electrons. The number of nitrogens with zero attached hydrogens (tertiary/aromatic N) is 1. The molecule has 0 aliphatic heterocycles. The summed E-state index contributed by atoms with van der Waals surface area (Å²) < 4.78 is 0. The first kappa shape index (κ1) is 14.8. The number of carbonyl (C=O) groups excluding carboxylic acids is 1. The third-order valence-corrected chi connectivity index (χ3v) is 3.46. The van der Waals surface area contributed by atoms with Gasteiger partial charge in [-0.15, -0.1) is 0 Å². The number of carboxylic acid groups (broad SMARTS) is 1. The van der Waals surface area contributed by atoms with Gasteiger partial charge in [0.05, 0.1) is 13.1 Å². The maximum absolute atomic E-state index is 12.0. The first-order chi connectivity index (χ1) is 9.45. The number of rotatable bonds is 6. The topological polar surface area (TPSA) is 69.6 Å². The first-order valence-corrected chi connectivity index (χ1v) is 6.85. The molecule has 1 fully saturated rings. The molecule has 1 aliphatic rings. The second-order valence-corrected chi connectivity index (χ2v) is 5.47. The SMILES string of the molecule is Cc1ccc(Cl)cc1NC(=O)CN(CC(=O)O)C1CC1. The van der Waals surface area contributed by atoms with E-state index in [4.69, 9.17) is 16.7 Å². The summed E-state index contributed by atoms with van der Waals surface area (Å²) in [6, 6.07) is 5.49. The van der Waals surface area contributed by atoms with Gasteiger partial charge >= 0.3 is 5.97 Å². The highest BCUT2D eigenvalue weighted by Crippen LogP contribution is 2.26. The molecule has 1 saturated carbocycles. The van der Waals surface area contributed by atoms with Crippen LogP contribution in [0.2, 0.25) is 5.02 Å². The lowest BCUT2D eigenvalue weighted by Crippen LogP contribution is -2.38. The van der Waals surface area contributed by atoms with E-state index in [-0.39, 0.29) is 25.0 Å². The number of hydrogen-bond acceptors (Lipinski definition) is 3. The highest BCUT2D eigenvalue weighted by atomic mass is 35.5. The molecule has 0 bridgehead atoms. The van der Waals surface area contributed by atoms with Crippen LogP contribution in [0, 0.1) is 6.92 Å². The van der Waals surface area contributed by atoms with E-state index >= 15 is 0 Å². The monoisotopic (exact) mass is 296 g/mol. The van der Waals surface area contributed by atoms with Crippen molar-refractivity contribution >= 4 is 29.2 Å². The summed E-state index contributed by atoms with van der Waals surface area (Å²) in [6.07, 6.45) is 1.91. The predicted octanol–water partition coefficient (Wildman–Crippen LogP) is 2.14. The minimum atomic E-state index is -0.913. The van der Waals surface area contributed by atoms with Gasteiger partial charge < -0.3 is 10.4 Å². The molecule has 1 aromatic rings. The molecule has 108 valence electrons. The van der Waals surface area contributed by atoms with E-state index in [1.807, 2.05) is 13.0 Å². The van der Waals surface area contributed by atoms with Gasteiger partial charge in [-0.3, -0.25) is 14.5 Å². The standard InChI is InChI=1S/C14H17ClN2O3/c1-9-2-3-10(15)6-12(9)16-13(18)7-17(8-14(19)20)11-4-5-11/h2-3,6,11H,4-5,7-8H2,1H3,(H,16,18)(H,19,20). The number of aliphatic carboxylic acids is 1. The maximum atomic E-state index is 12.0. The van der Waals surface area contributed by atoms with E-state index in [0.29, 0.717) is 10.7 Å². The Labute approximate surface area is 122 Å². The lowest BCUT2D eigenvalue weighted by Gasteiger charge is -2.19. The van der Waals surface area contributed by atoms with E-state index in [9.17, 15) is 9.59 Å². The fraction of sp³-hybridized carbons (Fsp3) is 0.429. The van der Waals surface area contributed by atoms with Gasteiger partial charge in [0.2, 0.25) is 5.91 Å². The summed E-state index contributed by atoms with van der Waals surface area (Å²) in [5.41, 5.74) is 1.58. The normalized spacial score (nSPS) is 14.3. The van der Waals surface area contributed by atoms with Gasteiger partial charge in [0.1, 0.15) is 0 Å². The number of halogens is 1. The smallest absolute Gasteiger partial charge is 0.317 e. The van der Waals surface area contributed by atoms with Crippen LogP contribution in [-0.2, 0) is 9.59 Å². The van der Waals surface area contributed by atoms with Crippen molar-refractivity contribution in [1.82, 2.24) is 4.90 Å². The Morgan fingerprint density at radius 2 is 2.10 bits per heavy atom. The number of hydrogen-bond donors (Lipinski definition) is 2. The van der Waals surface area contributed by atoms with Crippen LogP contribution in [0.5, 0.6) is 0 Å². The van der Waals surface area contributed by atoms with Crippen molar-refractivity contribution in [2.24, 2.45) is 0 Å². The first-order valence-electron chi connectivity index (χ1n) is 6.47. The zero-order valence-corrected chi connectivity index (χ0v) is 12.0. The molecule has 0 saturated heterocycles. The summed E-state index contributed by atoms with van der Waals surface area (Å²) in [7, 11) is 0. The number of aryl methyl sites for hydroxylation is 1. The average Bonchev–Trinajstić information content (AvgIpc) is 3.16. The number of benzene rings is 1. The van der Waals surface area contributed by atoms with Crippen LogP contribution in [0.4, 0.5) is 5.69 Å². The Bertz CT molecular complexity index is 529. The molecular formula is C14H17ClN2O3. The van der Waals surface area contributed by atoms with E-state index in [2.05, 4.69) is 5.32 Å². The summed E-state index contributed by atoms with van der Waals surface area (Å²) in [5.74, 6) is -1.13. The Balaban J connectivity index is 1.96. The van der Waals surface area contributed by atoms with Crippen molar-refractivity contribution in [2.45, 2.75) is 25.8 Å². The minimum Gasteiger partial charge on any atom is -0.480 e. The fourth-order valence-electron chi connectivity index (χ4n) is 2.03. The van der Waals surface area contributed by atoms with Crippen molar-refractivity contribution in [3.8, 4) is 0 Å². The number of anilines is 1. The highest BCUT2D eigenvalue weighted by molar-refractivity contribution is 6.31.